The molecule has 5 atom stereocenters. The number of phosphoric acid groups is 2. The molecule has 0 aromatic rings. The van der Waals surface area contributed by atoms with E-state index < -0.39 is 97.5 Å². The highest BCUT2D eigenvalue weighted by Gasteiger charge is 2.30. The molecule has 0 fully saturated rings. The molecule has 0 amide bonds. The first kappa shape index (κ1) is 94.1. The molecule has 0 heterocycles. The van der Waals surface area contributed by atoms with Crippen molar-refractivity contribution in [3.63, 3.8) is 0 Å². The summed E-state index contributed by atoms with van der Waals surface area (Å²) in [6, 6.07) is 0. The van der Waals surface area contributed by atoms with Crippen LogP contribution in [0.4, 0.5) is 0 Å². The molecule has 17 nitrogen and oxygen atoms in total. The van der Waals surface area contributed by atoms with Crippen molar-refractivity contribution in [2.75, 3.05) is 39.6 Å². The van der Waals surface area contributed by atoms with Gasteiger partial charge in [0.05, 0.1) is 26.4 Å². The zero-order chi connectivity index (χ0) is 70.9. The van der Waals surface area contributed by atoms with Crippen LogP contribution < -0.4 is 0 Å². The number of carbonyl (C=O) groups is 4. The Hall–Kier alpha value is -1.94. The number of rotatable bonds is 75. The van der Waals surface area contributed by atoms with Crippen molar-refractivity contribution >= 4 is 39.5 Å². The van der Waals surface area contributed by atoms with Crippen LogP contribution in [0, 0.1) is 17.8 Å². The van der Waals surface area contributed by atoms with Crippen LogP contribution in [0.2, 0.25) is 0 Å². The SMILES string of the molecule is CCCCCCCCCCCCCCCCCCC(=O)OC[C@H](COP(=O)(O)OC[C@@H](O)COP(=O)(O)OC[C@@H](COC(=O)CCCCCCCCC(C)C)OC(=O)CCCCCCCCCCCC(C)C)OC(=O)CCCCCCCCCCCCCCCCCCC(C)C. The summed E-state index contributed by atoms with van der Waals surface area (Å²) in [4.78, 5) is 72.8. The lowest BCUT2D eigenvalue weighted by atomic mass is 10.0. The summed E-state index contributed by atoms with van der Waals surface area (Å²) in [6.07, 6.45) is 54.3. The van der Waals surface area contributed by atoms with Crippen molar-refractivity contribution in [2.45, 2.75) is 414 Å². The largest absolute Gasteiger partial charge is 0.472 e. The summed E-state index contributed by atoms with van der Waals surface area (Å²) >= 11 is 0. The second-order valence-corrected chi connectivity index (χ2v) is 32.1. The van der Waals surface area contributed by atoms with E-state index in [1.165, 1.54) is 199 Å². The average Bonchev–Trinajstić information content (AvgIpc) is 2.46. The molecule has 0 aliphatic heterocycles. The average molecular weight is 1410 g/mol. The predicted molar refractivity (Wildman–Crippen MR) is 391 cm³/mol. The zero-order valence-corrected chi connectivity index (χ0v) is 64.6. The molecule has 0 rings (SSSR count). The van der Waals surface area contributed by atoms with Crippen LogP contribution in [0.25, 0.3) is 0 Å². The van der Waals surface area contributed by atoms with Gasteiger partial charge in [0.15, 0.2) is 12.2 Å². The smallest absolute Gasteiger partial charge is 0.462 e. The maximum atomic E-state index is 13.1. The Balaban J connectivity index is 5.22. The first-order valence-electron chi connectivity index (χ1n) is 39.8. The van der Waals surface area contributed by atoms with Gasteiger partial charge < -0.3 is 33.8 Å². The van der Waals surface area contributed by atoms with Crippen molar-refractivity contribution in [1.82, 2.24) is 0 Å². The summed E-state index contributed by atoms with van der Waals surface area (Å²) in [6.45, 7) is 11.8. The number of aliphatic hydroxyl groups excluding tert-OH is 1. The molecule has 0 bridgehead atoms. The third kappa shape index (κ3) is 70.5. The van der Waals surface area contributed by atoms with Crippen LogP contribution in [-0.4, -0.2) is 96.7 Å². The Bertz CT molecular complexity index is 1870. The van der Waals surface area contributed by atoms with Gasteiger partial charge in [0.2, 0.25) is 0 Å². The first-order valence-corrected chi connectivity index (χ1v) is 42.8. The number of hydrogen-bond donors (Lipinski definition) is 3. The molecule has 19 heteroatoms. The van der Waals surface area contributed by atoms with Gasteiger partial charge >= 0.3 is 39.5 Å². The third-order valence-corrected chi connectivity index (χ3v) is 19.8. The third-order valence-electron chi connectivity index (χ3n) is 17.9. The second kappa shape index (κ2) is 67.5. The topological polar surface area (TPSA) is 237 Å². The van der Waals surface area contributed by atoms with Crippen LogP contribution in [0.5, 0.6) is 0 Å². The van der Waals surface area contributed by atoms with Crippen molar-refractivity contribution in [1.29, 1.82) is 0 Å². The van der Waals surface area contributed by atoms with Crippen molar-refractivity contribution in [3.05, 3.63) is 0 Å². The lowest BCUT2D eigenvalue weighted by molar-refractivity contribution is -0.161. The Labute approximate surface area is 588 Å². The Morgan fingerprint density at radius 2 is 0.479 bits per heavy atom. The molecule has 0 aromatic heterocycles. The molecule has 0 saturated heterocycles. The molecule has 0 saturated carbocycles. The number of unbranched alkanes of at least 4 members (excludes halogenated alkanes) is 43. The molecular weight excluding hydrogens is 1260 g/mol. The van der Waals surface area contributed by atoms with Crippen LogP contribution in [-0.2, 0) is 65.4 Å². The maximum Gasteiger partial charge on any atom is 0.472 e. The van der Waals surface area contributed by atoms with Gasteiger partial charge in [0, 0.05) is 25.7 Å². The van der Waals surface area contributed by atoms with E-state index in [9.17, 15) is 43.2 Å². The van der Waals surface area contributed by atoms with E-state index in [0.29, 0.717) is 31.6 Å². The van der Waals surface area contributed by atoms with E-state index in [0.717, 1.165) is 108 Å². The molecule has 0 spiro atoms. The van der Waals surface area contributed by atoms with Gasteiger partial charge in [-0.15, -0.1) is 0 Å². The maximum absolute atomic E-state index is 13.1. The van der Waals surface area contributed by atoms with E-state index in [2.05, 4.69) is 48.5 Å². The second-order valence-electron chi connectivity index (χ2n) is 29.2. The van der Waals surface area contributed by atoms with Crippen molar-refractivity contribution < 1.29 is 80.2 Å². The molecule has 0 aliphatic rings. The lowest BCUT2D eigenvalue weighted by Gasteiger charge is -2.21. The summed E-state index contributed by atoms with van der Waals surface area (Å²) in [5.74, 6) is 0.106. The number of ether oxygens (including phenoxy) is 4. The van der Waals surface area contributed by atoms with Crippen LogP contribution in [0.3, 0.4) is 0 Å². The molecule has 96 heavy (non-hydrogen) atoms. The molecule has 2 unspecified atom stereocenters. The molecule has 0 radical (unpaired) electrons. The summed E-state index contributed by atoms with van der Waals surface area (Å²) < 4.78 is 68.5. The summed E-state index contributed by atoms with van der Waals surface area (Å²) in [5.41, 5.74) is 0. The fourth-order valence-electron chi connectivity index (χ4n) is 11.8. The molecule has 570 valence electrons. The van der Waals surface area contributed by atoms with E-state index in [4.69, 9.17) is 37.0 Å². The number of hydrogen-bond acceptors (Lipinski definition) is 15. The highest BCUT2D eigenvalue weighted by molar-refractivity contribution is 7.47. The van der Waals surface area contributed by atoms with Gasteiger partial charge in [-0.05, 0) is 43.4 Å². The summed E-state index contributed by atoms with van der Waals surface area (Å²) in [5, 5.41) is 10.6. The number of phosphoric ester groups is 2. The Kier molecular flexibility index (Phi) is 66.2. The predicted octanol–water partition coefficient (Wildman–Crippen LogP) is 22.6. The zero-order valence-electron chi connectivity index (χ0n) is 62.8. The number of aliphatic hydroxyl groups is 1. The van der Waals surface area contributed by atoms with E-state index >= 15 is 0 Å². The molecule has 0 aromatic carbocycles. The van der Waals surface area contributed by atoms with E-state index in [1.54, 1.807) is 0 Å². The lowest BCUT2D eigenvalue weighted by Crippen LogP contribution is -2.30. The molecule has 3 N–H and O–H groups in total. The van der Waals surface area contributed by atoms with Gasteiger partial charge in [-0.2, -0.15) is 0 Å². The van der Waals surface area contributed by atoms with E-state index in [1.807, 2.05) is 0 Å². The molecule has 0 aliphatic carbocycles. The van der Waals surface area contributed by atoms with Gasteiger partial charge in [0.25, 0.3) is 0 Å². The monoisotopic (exact) mass is 1410 g/mol. The normalized spacial score (nSPS) is 14.1. The highest BCUT2D eigenvalue weighted by atomic mass is 31.2. The minimum absolute atomic E-state index is 0.104. The van der Waals surface area contributed by atoms with Crippen LogP contribution in [0.1, 0.15) is 395 Å². The van der Waals surface area contributed by atoms with Gasteiger partial charge in [-0.25, -0.2) is 9.13 Å². The van der Waals surface area contributed by atoms with Crippen molar-refractivity contribution in [2.24, 2.45) is 17.8 Å². The highest BCUT2D eigenvalue weighted by Crippen LogP contribution is 2.45. The Morgan fingerprint density at radius 1 is 0.281 bits per heavy atom. The summed E-state index contributed by atoms with van der Waals surface area (Å²) in [7, 11) is -9.91. The van der Waals surface area contributed by atoms with Gasteiger partial charge in [0.1, 0.15) is 19.3 Å². The minimum atomic E-state index is -4.96. The standard InChI is InChI=1S/C77H150O17P2/c1-8-9-10-11-12-13-14-15-16-20-23-26-31-36-44-51-58-74(79)87-64-72(93-76(81)60-53-46-37-32-27-24-21-18-17-19-22-25-29-34-41-48-55-68(2)3)66-91-95(83,84)89-62-71(78)63-90-96(85,86)92-67-73(65-88-75(80)59-52-45-40-39-43-50-57-70(6)7)94-77(82)61-54-47-38-33-28-30-35-42-49-56-69(4)5/h68-73,78H,8-67H2,1-7H3,(H,83,84)(H,85,86)/t71-,72-,73-/m1/s1. The quantitative estimate of drug-likeness (QED) is 0.0222. The van der Waals surface area contributed by atoms with Crippen molar-refractivity contribution in [3.8, 4) is 0 Å². The van der Waals surface area contributed by atoms with Crippen LogP contribution in [0.15, 0.2) is 0 Å². The fourth-order valence-corrected chi connectivity index (χ4v) is 13.4. The number of esters is 4. The Morgan fingerprint density at radius 3 is 0.708 bits per heavy atom. The molecular formula is C77H150O17P2. The van der Waals surface area contributed by atoms with E-state index in [-0.39, 0.29) is 25.7 Å². The van der Waals surface area contributed by atoms with Gasteiger partial charge in [-0.1, -0.05) is 344 Å². The first-order chi connectivity index (χ1) is 46.2. The fraction of sp³-hybridized carbons (Fsp3) is 0.948. The minimum Gasteiger partial charge on any atom is -0.462 e. The van der Waals surface area contributed by atoms with Crippen LogP contribution >= 0.6 is 15.6 Å². The van der Waals surface area contributed by atoms with Gasteiger partial charge in [-0.3, -0.25) is 37.3 Å². The number of carbonyl (C=O) groups excluding carboxylic acids is 4.